The van der Waals surface area contributed by atoms with Crippen LogP contribution in [0, 0.1) is 10.1 Å². The molecule has 0 spiro atoms. The second-order valence-corrected chi connectivity index (χ2v) is 3.28. The van der Waals surface area contributed by atoms with Gasteiger partial charge in [-0.15, -0.1) is 0 Å². The number of rotatable bonds is 3. The number of hydrogen-bond acceptors (Lipinski definition) is 4. The zero-order chi connectivity index (χ0) is 14.8. The van der Waals surface area contributed by atoms with Gasteiger partial charge in [-0.3, -0.25) is 14.9 Å². The predicted molar refractivity (Wildman–Crippen MR) is 54.7 cm³/mol. The maximum Gasteiger partial charge on any atom is 0.471 e. The molecule has 0 saturated heterocycles. The summed E-state index contributed by atoms with van der Waals surface area (Å²) < 4.78 is 36.0. The molecule has 1 rings (SSSR count). The van der Waals surface area contributed by atoms with Crippen molar-refractivity contribution in [3.8, 4) is 0 Å². The molecule has 7 nitrogen and oxygen atoms in total. The minimum absolute atomic E-state index is 0.619. The van der Waals surface area contributed by atoms with E-state index in [1.807, 2.05) is 0 Å². The third-order valence-electron chi connectivity index (χ3n) is 1.89. The standard InChI is InChI=1S/C9H5F3N2O5/c10-9(11,12)8(17)13-5-1-4(7(15)16)2-6(3-5)14(18)19/h1-3H,(H,13,17)(H,15,16). The van der Waals surface area contributed by atoms with Crippen LogP contribution in [0.1, 0.15) is 10.4 Å². The van der Waals surface area contributed by atoms with Crippen LogP contribution in [0.15, 0.2) is 18.2 Å². The van der Waals surface area contributed by atoms with Crippen molar-refractivity contribution >= 4 is 23.3 Å². The van der Waals surface area contributed by atoms with E-state index in [4.69, 9.17) is 5.11 Å². The third-order valence-corrected chi connectivity index (χ3v) is 1.89. The molecule has 0 radical (unpaired) electrons. The quantitative estimate of drug-likeness (QED) is 0.647. The Kier molecular flexibility index (Phi) is 3.73. The molecule has 2 N–H and O–H groups in total. The lowest BCUT2D eigenvalue weighted by atomic mass is 10.1. The molecule has 0 aromatic heterocycles. The van der Waals surface area contributed by atoms with Crippen LogP contribution in [0.25, 0.3) is 0 Å². The molecule has 0 bridgehead atoms. The fourth-order valence-corrected chi connectivity index (χ4v) is 1.11. The average Bonchev–Trinajstić information content (AvgIpc) is 2.27. The number of carbonyl (C=O) groups excluding carboxylic acids is 1. The average molecular weight is 278 g/mol. The summed E-state index contributed by atoms with van der Waals surface area (Å²) in [7, 11) is 0. The van der Waals surface area contributed by atoms with Crippen molar-refractivity contribution in [3.63, 3.8) is 0 Å². The molecule has 10 heteroatoms. The predicted octanol–water partition coefficient (Wildman–Crippen LogP) is 1.79. The molecule has 19 heavy (non-hydrogen) atoms. The number of nitro benzene ring substituents is 1. The number of halogens is 3. The fourth-order valence-electron chi connectivity index (χ4n) is 1.11. The summed E-state index contributed by atoms with van der Waals surface area (Å²) >= 11 is 0. The van der Waals surface area contributed by atoms with E-state index in [0.29, 0.717) is 18.2 Å². The van der Waals surface area contributed by atoms with E-state index in [9.17, 15) is 32.9 Å². The Balaban J connectivity index is 3.17. The summed E-state index contributed by atoms with van der Waals surface area (Å²) in [5, 5.41) is 20.5. The largest absolute Gasteiger partial charge is 0.478 e. The van der Waals surface area contributed by atoms with Gasteiger partial charge in [0.1, 0.15) is 0 Å². The molecule has 1 aromatic carbocycles. The third kappa shape index (κ3) is 3.66. The molecule has 1 aromatic rings. The second-order valence-electron chi connectivity index (χ2n) is 3.28. The van der Waals surface area contributed by atoms with Crippen LogP contribution in [0.5, 0.6) is 0 Å². The van der Waals surface area contributed by atoms with E-state index in [1.165, 1.54) is 5.32 Å². The monoisotopic (exact) mass is 278 g/mol. The molecule has 0 saturated carbocycles. The number of amides is 1. The van der Waals surface area contributed by atoms with Crippen molar-refractivity contribution in [2.45, 2.75) is 6.18 Å². The number of benzene rings is 1. The number of aromatic carboxylic acids is 1. The minimum Gasteiger partial charge on any atom is -0.478 e. The first-order valence-electron chi connectivity index (χ1n) is 4.52. The number of carboxylic acids is 1. The zero-order valence-electron chi connectivity index (χ0n) is 8.89. The Morgan fingerprint density at radius 2 is 1.84 bits per heavy atom. The Labute approximate surface area is 102 Å². The van der Waals surface area contributed by atoms with Gasteiger partial charge in [0.15, 0.2) is 0 Å². The molecule has 1 amide bonds. The Bertz CT molecular complexity index is 523. The van der Waals surface area contributed by atoms with E-state index in [-0.39, 0.29) is 0 Å². The van der Waals surface area contributed by atoms with Gasteiger partial charge >= 0.3 is 18.1 Å². The van der Waals surface area contributed by atoms with E-state index in [2.05, 4.69) is 0 Å². The molecule has 0 heterocycles. The number of nitrogens with one attached hydrogen (secondary N) is 1. The smallest absolute Gasteiger partial charge is 0.471 e. The van der Waals surface area contributed by atoms with Crippen molar-refractivity contribution in [1.29, 1.82) is 0 Å². The van der Waals surface area contributed by atoms with Crippen molar-refractivity contribution < 1.29 is 32.8 Å². The van der Waals surface area contributed by atoms with Crippen molar-refractivity contribution in [2.24, 2.45) is 0 Å². The number of nitro groups is 1. The summed E-state index contributed by atoms with van der Waals surface area (Å²) in [4.78, 5) is 30.8. The molecule has 102 valence electrons. The maximum absolute atomic E-state index is 12.0. The number of non-ortho nitro benzene ring substituents is 1. The summed E-state index contributed by atoms with van der Waals surface area (Å²) in [6, 6.07) is 1.96. The van der Waals surface area contributed by atoms with Gasteiger partial charge in [-0.05, 0) is 6.07 Å². The summed E-state index contributed by atoms with van der Waals surface area (Å²) in [6.07, 6.45) is -5.19. The van der Waals surface area contributed by atoms with Gasteiger partial charge in [-0.2, -0.15) is 13.2 Å². The molecule has 0 fully saturated rings. The van der Waals surface area contributed by atoms with Crippen LogP contribution >= 0.6 is 0 Å². The first-order valence-corrected chi connectivity index (χ1v) is 4.52. The highest BCUT2D eigenvalue weighted by atomic mass is 19.4. The lowest BCUT2D eigenvalue weighted by Gasteiger charge is -2.08. The van der Waals surface area contributed by atoms with Gasteiger partial charge in [-0.25, -0.2) is 4.79 Å². The first-order chi connectivity index (χ1) is 8.61. The summed E-state index contributed by atoms with van der Waals surface area (Å²) in [5.41, 5.74) is -2.00. The highest BCUT2D eigenvalue weighted by Crippen LogP contribution is 2.23. The molecule has 0 atom stereocenters. The Morgan fingerprint density at radius 1 is 1.26 bits per heavy atom. The van der Waals surface area contributed by atoms with E-state index >= 15 is 0 Å². The van der Waals surface area contributed by atoms with Crippen LogP contribution in [0.2, 0.25) is 0 Å². The first kappa shape index (κ1) is 14.4. The van der Waals surface area contributed by atoms with Crippen molar-refractivity contribution in [1.82, 2.24) is 0 Å². The number of nitrogens with zero attached hydrogens (tertiary/aromatic N) is 1. The summed E-state index contributed by atoms with van der Waals surface area (Å²) in [5.74, 6) is -3.93. The number of hydrogen-bond donors (Lipinski definition) is 2. The van der Waals surface area contributed by atoms with Gasteiger partial charge in [0, 0.05) is 17.8 Å². The fraction of sp³-hybridized carbons (Fsp3) is 0.111. The highest BCUT2D eigenvalue weighted by molar-refractivity contribution is 5.97. The molecule has 0 aliphatic rings. The van der Waals surface area contributed by atoms with Crippen LogP contribution in [0.4, 0.5) is 24.5 Å². The van der Waals surface area contributed by atoms with E-state index in [1.54, 1.807) is 0 Å². The zero-order valence-corrected chi connectivity index (χ0v) is 8.89. The number of carbonyl (C=O) groups is 2. The van der Waals surface area contributed by atoms with Gasteiger partial charge in [0.05, 0.1) is 10.5 Å². The SMILES string of the molecule is O=C(O)c1cc(NC(=O)C(F)(F)F)cc([N+](=O)[O-])c1. The summed E-state index contributed by atoms with van der Waals surface area (Å²) in [6.45, 7) is 0. The maximum atomic E-state index is 12.0. The van der Waals surface area contributed by atoms with Crippen molar-refractivity contribution in [3.05, 3.63) is 33.9 Å². The number of alkyl halides is 3. The highest BCUT2D eigenvalue weighted by Gasteiger charge is 2.38. The van der Waals surface area contributed by atoms with Crippen LogP contribution in [-0.4, -0.2) is 28.1 Å². The van der Waals surface area contributed by atoms with Gasteiger partial charge in [0.2, 0.25) is 0 Å². The van der Waals surface area contributed by atoms with Gasteiger partial charge < -0.3 is 10.4 Å². The van der Waals surface area contributed by atoms with Crippen LogP contribution in [-0.2, 0) is 4.79 Å². The molecule has 0 aliphatic carbocycles. The molecular weight excluding hydrogens is 273 g/mol. The van der Waals surface area contributed by atoms with Crippen LogP contribution < -0.4 is 5.32 Å². The topological polar surface area (TPSA) is 110 Å². The van der Waals surface area contributed by atoms with Crippen LogP contribution in [0.3, 0.4) is 0 Å². The Hall–Kier alpha value is -2.65. The van der Waals surface area contributed by atoms with Gasteiger partial charge in [-0.1, -0.05) is 0 Å². The minimum atomic E-state index is -5.19. The van der Waals surface area contributed by atoms with Crippen molar-refractivity contribution in [2.75, 3.05) is 5.32 Å². The normalized spacial score (nSPS) is 10.9. The van der Waals surface area contributed by atoms with Gasteiger partial charge in [0.25, 0.3) is 5.69 Å². The second kappa shape index (κ2) is 4.92. The number of anilines is 1. The Morgan fingerprint density at radius 3 is 2.26 bits per heavy atom. The van der Waals surface area contributed by atoms with E-state index in [0.717, 1.165) is 0 Å². The molecule has 0 aliphatic heterocycles. The molecular formula is C9H5F3N2O5. The van der Waals surface area contributed by atoms with E-state index < -0.39 is 39.9 Å². The lowest BCUT2D eigenvalue weighted by Crippen LogP contribution is -2.30. The number of carboxylic acid groups (broad SMARTS) is 1. The lowest BCUT2D eigenvalue weighted by molar-refractivity contribution is -0.384. The molecule has 0 unspecified atom stereocenters.